The third-order valence-corrected chi connectivity index (χ3v) is 3.06. The molecule has 1 unspecified atom stereocenters. The molecule has 4 N–H and O–H groups in total. The van der Waals surface area contributed by atoms with Gasteiger partial charge in [0.25, 0.3) is 0 Å². The molecule has 0 bridgehead atoms. The molecule has 0 heterocycles. The van der Waals surface area contributed by atoms with Gasteiger partial charge in [0, 0.05) is 18.7 Å². The van der Waals surface area contributed by atoms with E-state index in [-0.39, 0.29) is 0 Å². The first-order chi connectivity index (χ1) is 9.66. The Bertz CT molecular complexity index is 570. The van der Waals surface area contributed by atoms with Crippen molar-refractivity contribution in [2.45, 2.75) is 12.6 Å². The lowest BCUT2D eigenvalue weighted by Crippen LogP contribution is -2.21. The van der Waals surface area contributed by atoms with Gasteiger partial charge in [0.2, 0.25) is 5.91 Å². The molecule has 4 heteroatoms. The van der Waals surface area contributed by atoms with Gasteiger partial charge in [-0.25, -0.2) is 0 Å². The van der Waals surface area contributed by atoms with Gasteiger partial charge in [0.1, 0.15) is 0 Å². The number of carbonyl (C=O) groups is 1. The minimum Gasteiger partial charge on any atom is -0.387 e. The topological polar surface area (TPSA) is 75.4 Å². The molecule has 20 heavy (non-hydrogen) atoms. The Labute approximate surface area is 118 Å². The molecule has 0 aliphatic rings. The van der Waals surface area contributed by atoms with Crippen LogP contribution in [0, 0.1) is 0 Å². The van der Waals surface area contributed by atoms with Crippen molar-refractivity contribution in [3.05, 3.63) is 71.3 Å². The summed E-state index contributed by atoms with van der Waals surface area (Å²) in [6.07, 6.45) is -0.546. The predicted octanol–water partition coefficient (Wildman–Crippen LogP) is 1.61. The molecule has 0 radical (unpaired) electrons. The fourth-order valence-electron chi connectivity index (χ4n) is 1.98. The number of nitrogens with one attached hydrogen (secondary N) is 1. The molecule has 0 saturated carbocycles. The molecule has 0 aliphatic carbocycles. The summed E-state index contributed by atoms with van der Waals surface area (Å²) in [5.41, 5.74) is 7.57. The first kappa shape index (κ1) is 14.2. The molecule has 0 spiro atoms. The molecule has 0 fully saturated rings. The molecule has 0 aromatic heterocycles. The van der Waals surface area contributed by atoms with E-state index in [1.54, 1.807) is 18.2 Å². The predicted molar refractivity (Wildman–Crippen MR) is 78.1 cm³/mol. The number of aliphatic hydroxyl groups excluding tert-OH is 1. The number of aliphatic hydroxyl groups is 1. The SMILES string of the molecule is NC(=O)c1cccc(CNCC(O)c2ccccc2)c1. The molecule has 1 amide bonds. The van der Waals surface area contributed by atoms with Crippen molar-refractivity contribution in [2.75, 3.05) is 6.54 Å². The normalized spacial score (nSPS) is 12.1. The highest BCUT2D eigenvalue weighted by Crippen LogP contribution is 2.11. The van der Waals surface area contributed by atoms with Crippen LogP contribution < -0.4 is 11.1 Å². The summed E-state index contributed by atoms with van der Waals surface area (Å²) in [5.74, 6) is -0.434. The second-order valence-electron chi connectivity index (χ2n) is 4.62. The smallest absolute Gasteiger partial charge is 0.248 e. The summed E-state index contributed by atoms with van der Waals surface area (Å²) in [4.78, 5) is 11.1. The van der Waals surface area contributed by atoms with Gasteiger partial charge in [-0.3, -0.25) is 4.79 Å². The van der Waals surface area contributed by atoms with E-state index in [1.165, 1.54) is 0 Å². The Morgan fingerprint density at radius 2 is 1.90 bits per heavy atom. The van der Waals surface area contributed by atoms with Gasteiger partial charge in [0.15, 0.2) is 0 Å². The number of amides is 1. The lowest BCUT2D eigenvalue weighted by molar-refractivity contribution is 0.1000. The number of nitrogens with two attached hydrogens (primary N) is 1. The van der Waals surface area contributed by atoms with Crippen LogP contribution in [0.3, 0.4) is 0 Å². The van der Waals surface area contributed by atoms with Gasteiger partial charge in [-0.05, 0) is 23.3 Å². The fourth-order valence-corrected chi connectivity index (χ4v) is 1.98. The summed E-state index contributed by atoms with van der Waals surface area (Å²) >= 11 is 0. The van der Waals surface area contributed by atoms with Gasteiger partial charge in [-0.2, -0.15) is 0 Å². The molecule has 4 nitrogen and oxygen atoms in total. The lowest BCUT2D eigenvalue weighted by Gasteiger charge is -2.12. The summed E-state index contributed by atoms with van der Waals surface area (Å²) in [6, 6.07) is 16.6. The van der Waals surface area contributed by atoms with Crippen LogP contribution in [-0.4, -0.2) is 17.6 Å². The number of carbonyl (C=O) groups excluding carboxylic acids is 1. The highest BCUT2D eigenvalue weighted by molar-refractivity contribution is 5.92. The van der Waals surface area contributed by atoms with Crippen molar-refractivity contribution in [1.29, 1.82) is 0 Å². The molecule has 0 aliphatic heterocycles. The zero-order chi connectivity index (χ0) is 14.4. The highest BCUT2D eigenvalue weighted by atomic mass is 16.3. The van der Waals surface area contributed by atoms with E-state index in [0.29, 0.717) is 18.7 Å². The third-order valence-electron chi connectivity index (χ3n) is 3.06. The van der Waals surface area contributed by atoms with Crippen molar-refractivity contribution < 1.29 is 9.90 Å². The Balaban J connectivity index is 1.87. The van der Waals surface area contributed by atoms with E-state index in [0.717, 1.165) is 11.1 Å². The van der Waals surface area contributed by atoms with Crippen LogP contribution >= 0.6 is 0 Å². The first-order valence-corrected chi connectivity index (χ1v) is 6.49. The van der Waals surface area contributed by atoms with E-state index in [1.807, 2.05) is 36.4 Å². The minimum atomic E-state index is -0.546. The number of benzene rings is 2. The summed E-state index contributed by atoms with van der Waals surface area (Å²) in [6.45, 7) is 1.02. The second-order valence-corrected chi connectivity index (χ2v) is 4.62. The van der Waals surface area contributed by atoms with E-state index >= 15 is 0 Å². The van der Waals surface area contributed by atoms with Gasteiger partial charge in [0.05, 0.1) is 6.10 Å². The maximum Gasteiger partial charge on any atom is 0.248 e. The van der Waals surface area contributed by atoms with Gasteiger partial charge >= 0.3 is 0 Å². The quantitative estimate of drug-likeness (QED) is 0.746. The molecular formula is C16H18N2O2. The molecule has 2 aromatic rings. The van der Waals surface area contributed by atoms with Gasteiger partial charge < -0.3 is 16.2 Å². The van der Waals surface area contributed by atoms with Crippen molar-refractivity contribution in [3.8, 4) is 0 Å². The monoisotopic (exact) mass is 270 g/mol. The number of hydrogen-bond donors (Lipinski definition) is 3. The Morgan fingerprint density at radius 3 is 2.60 bits per heavy atom. The molecule has 2 aromatic carbocycles. The molecule has 104 valence electrons. The standard InChI is InChI=1S/C16H18N2O2/c17-16(20)14-8-4-5-12(9-14)10-18-11-15(19)13-6-2-1-3-7-13/h1-9,15,18-19H,10-11H2,(H2,17,20). The Hall–Kier alpha value is -2.17. The summed E-state index contributed by atoms with van der Waals surface area (Å²) < 4.78 is 0. The van der Waals surface area contributed by atoms with Crippen molar-refractivity contribution in [1.82, 2.24) is 5.32 Å². The Kier molecular flexibility index (Phi) is 4.87. The van der Waals surface area contributed by atoms with Crippen LogP contribution in [0.1, 0.15) is 27.6 Å². The van der Waals surface area contributed by atoms with Gasteiger partial charge in [-0.15, -0.1) is 0 Å². The summed E-state index contributed by atoms with van der Waals surface area (Å²) in [7, 11) is 0. The molecule has 2 rings (SSSR count). The number of primary amides is 1. The van der Waals surface area contributed by atoms with E-state index in [4.69, 9.17) is 5.73 Å². The zero-order valence-corrected chi connectivity index (χ0v) is 11.1. The zero-order valence-electron chi connectivity index (χ0n) is 11.1. The lowest BCUT2D eigenvalue weighted by atomic mass is 10.1. The number of rotatable bonds is 6. The Morgan fingerprint density at radius 1 is 1.15 bits per heavy atom. The number of hydrogen-bond acceptors (Lipinski definition) is 3. The largest absolute Gasteiger partial charge is 0.387 e. The molecular weight excluding hydrogens is 252 g/mol. The van der Waals surface area contributed by atoms with Crippen molar-refractivity contribution in [2.24, 2.45) is 5.73 Å². The van der Waals surface area contributed by atoms with Crippen LogP contribution in [0.15, 0.2) is 54.6 Å². The maximum absolute atomic E-state index is 11.1. The molecule has 0 saturated heterocycles. The van der Waals surface area contributed by atoms with Gasteiger partial charge in [-0.1, -0.05) is 42.5 Å². The van der Waals surface area contributed by atoms with E-state index in [9.17, 15) is 9.90 Å². The van der Waals surface area contributed by atoms with E-state index < -0.39 is 12.0 Å². The second kappa shape index (κ2) is 6.84. The average Bonchev–Trinajstić information content (AvgIpc) is 2.48. The summed E-state index contributed by atoms with van der Waals surface area (Å²) in [5, 5.41) is 13.2. The van der Waals surface area contributed by atoms with Crippen LogP contribution in [0.5, 0.6) is 0 Å². The minimum absolute atomic E-state index is 0.434. The highest BCUT2D eigenvalue weighted by Gasteiger charge is 2.06. The van der Waals surface area contributed by atoms with Crippen molar-refractivity contribution in [3.63, 3.8) is 0 Å². The first-order valence-electron chi connectivity index (χ1n) is 6.49. The van der Waals surface area contributed by atoms with E-state index in [2.05, 4.69) is 5.32 Å². The van der Waals surface area contributed by atoms with Crippen LogP contribution in [0.4, 0.5) is 0 Å². The average molecular weight is 270 g/mol. The maximum atomic E-state index is 11.1. The fraction of sp³-hybridized carbons (Fsp3) is 0.188. The van der Waals surface area contributed by atoms with Crippen LogP contribution in [0.2, 0.25) is 0 Å². The van der Waals surface area contributed by atoms with Crippen LogP contribution in [-0.2, 0) is 6.54 Å². The third kappa shape index (κ3) is 3.91. The van der Waals surface area contributed by atoms with Crippen LogP contribution in [0.25, 0.3) is 0 Å². The molecule has 1 atom stereocenters. The van der Waals surface area contributed by atoms with Crippen molar-refractivity contribution >= 4 is 5.91 Å².